The van der Waals surface area contributed by atoms with Crippen LogP contribution in [0.4, 0.5) is 5.69 Å². The number of anilines is 1. The van der Waals surface area contributed by atoms with Crippen molar-refractivity contribution in [2.75, 3.05) is 25.4 Å². The smallest absolute Gasteiger partial charge is 0.270 e. The van der Waals surface area contributed by atoms with Gasteiger partial charge in [-0.25, -0.2) is 0 Å². The summed E-state index contributed by atoms with van der Waals surface area (Å²) >= 11 is 0. The van der Waals surface area contributed by atoms with E-state index in [2.05, 4.69) is 4.98 Å². The fourth-order valence-electron chi connectivity index (χ4n) is 2.84. The molecule has 1 aromatic heterocycles. The third-order valence-corrected chi connectivity index (χ3v) is 3.94. The zero-order chi connectivity index (χ0) is 14.1. The van der Waals surface area contributed by atoms with Gasteiger partial charge in [0.1, 0.15) is 5.69 Å². The van der Waals surface area contributed by atoms with Crippen LogP contribution in [0, 0.1) is 5.92 Å². The molecule has 5 heteroatoms. The van der Waals surface area contributed by atoms with E-state index in [-0.39, 0.29) is 18.4 Å². The molecule has 4 N–H and O–H groups in total. The normalized spacial score (nSPS) is 19.4. The molecule has 3 rings (SSSR count). The van der Waals surface area contributed by atoms with Crippen LogP contribution in [-0.2, 0) is 0 Å². The Labute approximate surface area is 117 Å². The lowest BCUT2D eigenvalue weighted by atomic mass is 9.99. The molecule has 1 amide bonds. The average Bonchev–Trinajstić information content (AvgIpc) is 2.89. The second-order valence-electron chi connectivity index (χ2n) is 5.47. The Bertz CT molecular complexity index is 635. The molecular formula is C15H19N3O2. The van der Waals surface area contributed by atoms with Gasteiger partial charge in [-0.15, -0.1) is 0 Å². The summed E-state index contributed by atoms with van der Waals surface area (Å²) in [4.78, 5) is 17.5. The molecule has 0 radical (unpaired) electrons. The number of H-pyrrole nitrogens is 1. The molecule has 0 spiro atoms. The number of hydrogen-bond acceptors (Lipinski definition) is 3. The van der Waals surface area contributed by atoms with Crippen molar-refractivity contribution in [3.8, 4) is 0 Å². The maximum atomic E-state index is 12.5. The fourth-order valence-corrected chi connectivity index (χ4v) is 2.84. The summed E-state index contributed by atoms with van der Waals surface area (Å²) in [5, 5.41) is 10.2. The predicted octanol–water partition coefficient (Wildman–Crippen LogP) is 1.59. The van der Waals surface area contributed by atoms with E-state index in [9.17, 15) is 9.90 Å². The molecule has 106 valence electrons. The molecule has 1 aliphatic heterocycles. The highest BCUT2D eigenvalue weighted by atomic mass is 16.3. The van der Waals surface area contributed by atoms with Crippen LogP contribution in [0.3, 0.4) is 0 Å². The average molecular weight is 273 g/mol. The lowest BCUT2D eigenvalue weighted by molar-refractivity contribution is 0.0616. The van der Waals surface area contributed by atoms with E-state index in [1.165, 1.54) is 0 Å². The van der Waals surface area contributed by atoms with Gasteiger partial charge in [0, 0.05) is 36.3 Å². The number of aliphatic hydroxyl groups is 1. The van der Waals surface area contributed by atoms with Crippen molar-refractivity contribution in [2.24, 2.45) is 5.92 Å². The maximum Gasteiger partial charge on any atom is 0.270 e. The molecule has 2 aromatic rings. The number of hydrogen-bond donors (Lipinski definition) is 3. The number of benzene rings is 1. The Balaban J connectivity index is 1.84. The van der Waals surface area contributed by atoms with Crippen LogP contribution in [0.25, 0.3) is 10.9 Å². The molecule has 2 heterocycles. The van der Waals surface area contributed by atoms with E-state index >= 15 is 0 Å². The largest absolute Gasteiger partial charge is 0.399 e. The number of piperidine rings is 1. The van der Waals surface area contributed by atoms with Crippen molar-refractivity contribution < 1.29 is 9.90 Å². The Hall–Kier alpha value is -2.01. The standard InChI is InChI=1S/C15H19N3O2/c16-12-3-4-13-11(6-12)7-14(17-13)15(20)18-5-1-2-10(8-18)9-19/h3-4,6-7,10,17,19H,1-2,5,8-9,16H2. The van der Waals surface area contributed by atoms with Gasteiger partial charge in [0.05, 0.1) is 0 Å². The minimum atomic E-state index is -0.00192. The van der Waals surface area contributed by atoms with E-state index in [0.717, 1.165) is 30.3 Å². The first-order chi connectivity index (χ1) is 9.67. The van der Waals surface area contributed by atoms with Gasteiger partial charge in [-0.3, -0.25) is 4.79 Å². The lowest BCUT2D eigenvalue weighted by Gasteiger charge is -2.31. The molecule has 1 aliphatic rings. The summed E-state index contributed by atoms with van der Waals surface area (Å²) in [7, 11) is 0. The number of aromatic amines is 1. The molecule has 20 heavy (non-hydrogen) atoms. The molecule has 1 unspecified atom stereocenters. The number of carbonyl (C=O) groups excluding carboxylic acids is 1. The first-order valence-corrected chi connectivity index (χ1v) is 6.96. The number of amides is 1. The molecular weight excluding hydrogens is 254 g/mol. The zero-order valence-corrected chi connectivity index (χ0v) is 11.3. The molecule has 1 saturated heterocycles. The first kappa shape index (κ1) is 13.0. The first-order valence-electron chi connectivity index (χ1n) is 6.96. The van der Waals surface area contributed by atoms with Crippen molar-refractivity contribution in [1.82, 2.24) is 9.88 Å². The van der Waals surface area contributed by atoms with Crippen LogP contribution >= 0.6 is 0 Å². The highest BCUT2D eigenvalue weighted by Crippen LogP contribution is 2.22. The van der Waals surface area contributed by atoms with Gasteiger partial charge in [0.2, 0.25) is 0 Å². The summed E-state index contributed by atoms with van der Waals surface area (Å²) in [5.74, 6) is 0.200. The van der Waals surface area contributed by atoms with Crippen LogP contribution in [0.2, 0.25) is 0 Å². The number of nitrogens with one attached hydrogen (secondary N) is 1. The number of nitrogen functional groups attached to an aromatic ring is 1. The number of nitrogens with two attached hydrogens (primary N) is 1. The molecule has 1 atom stereocenters. The van der Waals surface area contributed by atoms with Crippen molar-refractivity contribution >= 4 is 22.5 Å². The molecule has 5 nitrogen and oxygen atoms in total. The van der Waals surface area contributed by atoms with Crippen LogP contribution < -0.4 is 5.73 Å². The Kier molecular flexibility index (Phi) is 3.36. The zero-order valence-electron chi connectivity index (χ0n) is 11.3. The number of likely N-dealkylation sites (tertiary alicyclic amines) is 1. The van der Waals surface area contributed by atoms with Gasteiger partial charge in [0.15, 0.2) is 0 Å². The number of rotatable bonds is 2. The number of nitrogens with zero attached hydrogens (tertiary/aromatic N) is 1. The highest BCUT2D eigenvalue weighted by Gasteiger charge is 2.24. The summed E-state index contributed by atoms with van der Waals surface area (Å²) in [6.45, 7) is 1.53. The third-order valence-electron chi connectivity index (χ3n) is 3.94. The molecule has 1 aromatic carbocycles. The Morgan fingerprint density at radius 3 is 3.10 bits per heavy atom. The summed E-state index contributed by atoms with van der Waals surface area (Å²) in [6, 6.07) is 7.40. The van der Waals surface area contributed by atoms with Gasteiger partial charge in [0.25, 0.3) is 5.91 Å². The minimum absolute atomic E-state index is 0.00192. The van der Waals surface area contributed by atoms with Gasteiger partial charge < -0.3 is 20.7 Å². The SMILES string of the molecule is Nc1ccc2[nH]c(C(=O)N3CCCC(CO)C3)cc2c1. The van der Waals surface area contributed by atoms with Crippen molar-refractivity contribution in [1.29, 1.82) is 0 Å². The quantitative estimate of drug-likeness (QED) is 0.727. The number of fused-ring (bicyclic) bond motifs is 1. The maximum absolute atomic E-state index is 12.5. The Morgan fingerprint density at radius 1 is 1.45 bits per heavy atom. The van der Waals surface area contributed by atoms with Gasteiger partial charge in [-0.05, 0) is 43.0 Å². The number of carbonyl (C=O) groups is 1. The summed E-state index contributed by atoms with van der Waals surface area (Å²) in [6.07, 6.45) is 1.94. The topological polar surface area (TPSA) is 82.4 Å². The number of aliphatic hydroxyl groups excluding tert-OH is 1. The third kappa shape index (κ3) is 2.36. The van der Waals surface area contributed by atoms with Crippen molar-refractivity contribution in [2.45, 2.75) is 12.8 Å². The molecule has 0 saturated carbocycles. The van der Waals surface area contributed by atoms with Gasteiger partial charge in [-0.2, -0.15) is 0 Å². The van der Waals surface area contributed by atoms with Crippen LogP contribution in [-0.4, -0.2) is 40.6 Å². The number of aromatic nitrogens is 1. The predicted molar refractivity (Wildman–Crippen MR) is 78.4 cm³/mol. The van der Waals surface area contributed by atoms with E-state index in [1.54, 1.807) is 0 Å². The van der Waals surface area contributed by atoms with E-state index < -0.39 is 0 Å². The molecule has 0 bridgehead atoms. The van der Waals surface area contributed by atoms with Crippen molar-refractivity contribution in [3.63, 3.8) is 0 Å². The van der Waals surface area contributed by atoms with E-state index in [0.29, 0.717) is 17.9 Å². The van der Waals surface area contributed by atoms with E-state index in [1.807, 2.05) is 29.2 Å². The molecule has 1 fully saturated rings. The van der Waals surface area contributed by atoms with Gasteiger partial charge in [-0.1, -0.05) is 0 Å². The monoisotopic (exact) mass is 273 g/mol. The van der Waals surface area contributed by atoms with Crippen LogP contribution in [0.1, 0.15) is 23.3 Å². The molecule has 0 aliphatic carbocycles. The second-order valence-corrected chi connectivity index (χ2v) is 5.47. The summed E-state index contributed by atoms with van der Waals surface area (Å²) < 4.78 is 0. The van der Waals surface area contributed by atoms with Gasteiger partial charge >= 0.3 is 0 Å². The highest BCUT2D eigenvalue weighted by molar-refractivity contribution is 5.98. The second kappa shape index (κ2) is 5.17. The van der Waals surface area contributed by atoms with E-state index in [4.69, 9.17) is 5.73 Å². The fraction of sp³-hybridized carbons (Fsp3) is 0.400. The van der Waals surface area contributed by atoms with Crippen LogP contribution in [0.15, 0.2) is 24.3 Å². The Morgan fingerprint density at radius 2 is 2.30 bits per heavy atom. The minimum Gasteiger partial charge on any atom is -0.399 e. The van der Waals surface area contributed by atoms with Crippen LogP contribution in [0.5, 0.6) is 0 Å². The summed E-state index contributed by atoms with van der Waals surface area (Å²) in [5.41, 5.74) is 7.94. The van der Waals surface area contributed by atoms with Crippen molar-refractivity contribution in [3.05, 3.63) is 30.0 Å². The lowest BCUT2D eigenvalue weighted by Crippen LogP contribution is -2.41.